The van der Waals surface area contributed by atoms with Crippen LogP contribution in [0.3, 0.4) is 0 Å². The van der Waals surface area contributed by atoms with Gasteiger partial charge in [0.05, 0.1) is 0 Å². The zero-order valence-corrected chi connectivity index (χ0v) is 16.1. The van der Waals surface area contributed by atoms with Crippen LogP contribution in [0.2, 0.25) is 0 Å². The number of anilines is 4. The van der Waals surface area contributed by atoms with E-state index < -0.39 is 0 Å². The summed E-state index contributed by atoms with van der Waals surface area (Å²) in [6.45, 7) is 8.18. The molecule has 1 aliphatic heterocycles. The molecular formula is C22H25N5. The molecule has 0 aliphatic carbocycles. The van der Waals surface area contributed by atoms with Crippen molar-refractivity contribution in [3.8, 4) is 0 Å². The number of nitrogens with zero attached hydrogens (tertiary/aromatic N) is 2. The second-order valence-corrected chi connectivity index (χ2v) is 7.26. The summed E-state index contributed by atoms with van der Waals surface area (Å²) in [5.74, 6) is 1.42. The summed E-state index contributed by atoms with van der Waals surface area (Å²) in [7, 11) is 0. The van der Waals surface area contributed by atoms with E-state index in [4.69, 9.17) is 0 Å². The van der Waals surface area contributed by atoms with Crippen LogP contribution >= 0.6 is 0 Å². The van der Waals surface area contributed by atoms with Crippen LogP contribution in [0.4, 0.5) is 23.1 Å². The molecule has 0 spiro atoms. The minimum absolute atomic E-state index is 0.593. The molecule has 0 saturated heterocycles. The second kappa shape index (κ2) is 7.37. The van der Waals surface area contributed by atoms with Crippen LogP contribution in [0.5, 0.6) is 0 Å². The lowest BCUT2D eigenvalue weighted by atomic mass is 10.0. The Bertz CT molecular complexity index is 960. The Labute approximate surface area is 160 Å². The Morgan fingerprint density at radius 3 is 2.52 bits per heavy atom. The van der Waals surface area contributed by atoms with Gasteiger partial charge in [0.1, 0.15) is 5.82 Å². The molecule has 3 aromatic rings. The largest absolute Gasteiger partial charge is 0.340 e. The smallest absolute Gasteiger partial charge is 0.229 e. The Balaban J connectivity index is 1.57. The zero-order chi connectivity index (χ0) is 18.8. The van der Waals surface area contributed by atoms with Gasteiger partial charge in [-0.05, 0) is 80.3 Å². The Morgan fingerprint density at radius 2 is 1.70 bits per heavy atom. The maximum atomic E-state index is 4.69. The molecule has 2 heterocycles. The molecule has 0 atom stereocenters. The molecule has 0 fully saturated rings. The average molecular weight is 359 g/mol. The second-order valence-electron chi connectivity index (χ2n) is 7.26. The molecule has 5 nitrogen and oxygen atoms in total. The Hall–Kier alpha value is -2.92. The monoisotopic (exact) mass is 359 g/mol. The van der Waals surface area contributed by atoms with Crippen molar-refractivity contribution in [1.82, 2.24) is 15.3 Å². The van der Waals surface area contributed by atoms with Gasteiger partial charge in [0, 0.05) is 29.7 Å². The summed E-state index contributed by atoms with van der Waals surface area (Å²) in [5.41, 5.74) is 8.29. The van der Waals surface area contributed by atoms with Crippen molar-refractivity contribution in [2.45, 2.75) is 33.7 Å². The summed E-state index contributed by atoms with van der Waals surface area (Å²) in [6.07, 6.45) is 2.91. The number of aromatic nitrogens is 2. The van der Waals surface area contributed by atoms with E-state index in [1.165, 1.54) is 22.3 Å². The lowest BCUT2D eigenvalue weighted by Crippen LogP contribution is -2.23. The molecule has 0 unspecified atom stereocenters. The fourth-order valence-electron chi connectivity index (χ4n) is 3.50. The highest BCUT2D eigenvalue weighted by atomic mass is 15.1. The van der Waals surface area contributed by atoms with Gasteiger partial charge in [0.25, 0.3) is 0 Å². The molecule has 5 heteroatoms. The molecule has 0 radical (unpaired) electrons. The van der Waals surface area contributed by atoms with Crippen LogP contribution in [-0.2, 0) is 13.0 Å². The van der Waals surface area contributed by atoms with Crippen LogP contribution in [0, 0.1) is 20.8 Å². The summed E-state index contributed by atoms with van der Waals surface area (Å²) >= 11 is 0. The molecule has 3 N–H and O–H groups in total. The summed E-state index contributed by atoms with van der Waals surface area (Å²) in [4.78, 5) is 9.12. The molecule has 0 amide bonds. The quantitative estimate of drug-likeness (QED) is 0.639. The maximum absolute atomic E-state index is 4.69. The average Bonchev–Trinajstić information content (AvgIpc) is 2.63. The molecule has 4 rings (SSSR count). The third kappa shape index (κ3) is 4.09. The van der Waals surface area contributed by atoms with Crippen molar-refractivity contribution in [3.63, 3.8) is 0 Å². The van der Waals surface area contributed by atoms with E-state index >= 15 is 0 Å². The predicted molar refractivity (Wildman–Crippen MR) is 111 cm³/mol. The first-order valence-electron chi connectivity index (χ1n) is 9.35. The summed E-state index contributed by atoms with van der Waals surface area (Å²) in [6, 6.07) is 12.9. The number of hydrogen-bond donors (Lipinski definition) is 3. The first kappa shape index (κ1) is 17.5. The molecular weight excluding hydrogens is 334 g/mol. The fraction of sp³-hybridized carbons (Fsp3) is 0.273. The van der Waals surface area contributed by atoms with E-state index in [0.717, 1.165) is 42.3 Å². The molecule has 2 aromatic carbocycles. The van der Waals surface area contributed by atoms with Crippen LogP contribution in [-0.4, -0.2) is 16.5 Å². The van der Waals surface area contributed by atoms with Gasteiger partial charge in [0.2, 0.25) is 5.95 Å². The molecule has 0 bridgehead atoms. The van der Waals surface area contributed by atoms with E-state index in [-0.39, 0.29) is 0 Å². The van der Waals surface area contributed by atoms with Gasteiger partial charge in [-0.15, -0.1) is 0 Å². The van der Waals surface area contributed by atoms with Gasteiger partial charge in [-0.2, -0.15) is 4.98 Å². The van der Waals surface area contributed by atoms with E-state index in [0.29, 0.717) is 5.95 Å². The van der Waals surface area contributed by atoms with Crippen molar-refractivity contribution >= 4 is 23.1 Å². The third-order valence-electron chi connectivity index (χ3n) is 4.81. The predicted octanol–water partition coefficient (Wildman–Crippen LogP) is 4.53. The number of fused-ring (bicyclic) bond motifs is 1. The van der Waals surface area contributed by atoms with E-state index in [1.807, 2.05) is 13.1 Å². The van der Waals surface area contributed by atoms with Gasteiger partial charge in [-0.25, -0.2) is 4.98 Å². The van der Waals surface area contributed by atoms with Crippen molar-refractivity contribution < 1.29 is 0 Å². The van der Waals surface area contributed by atoms with Crippen molar-refractivity contribution in [2.24, 2.45) is 0 Å². The first-order chi connectivity index (χ1) is 13.1. The normalized spacial score (nSPS) is 13.1. The van der Waals surface area contributed by atoms with Crippen LogP contribution < -0.4 is 16.0 Å². The van der Waals surface area contributed by atoms with Crippen molar-refractivity contribution in [3.05, 3.63) is 70.4 Å². The summed E-state index contributed by atoms with van der Waals surface area (Å²) in [5, 5.41) is 10.2. The van der Waals surface area contributed by atoms with Crippen LogP contribution in [0.1, 0.15) is 27.8 Å². The Morgan fingerprint density at radius 1 is 0.889 bits per heavy atom. The maximum Gasteiger partial charge on any atom is 0.229 e. The molecule has 27 heavy (non-hydrogen) atoms. The third-order valence-corrected chi connectivity index (χ3v) is 4.81. The van der Waals surface area contributed by atoms with Gasteiger partial charge in [-0.3, -0.25) is 0 Å². The van der Waals surface area contributed by atoms with Crippen LogP contribution in [0.25, 0.3) is 0 Å². The molecule has 0 saturated carbocycles. The van der Waals surface area contributed by atoms with Gasteiger partial charge in [-0.1, -0.05) is 12.1 Å². The van der Waals surface area contributed by atoms with E-state index in [9.17, 15) is 0 Å². The number of benzene rings is 2. The lowest BCUT2D eigenvalue weighted by molar-refractivity contribution is 0.644. The number of rotatable bonds is 4. The topological polar surface area (TPSA) is 61.9 Å². The molecule has 138 valence electrons. The van der Waals surface area contributed by atoms with Crippen LogP contribution in [0.15, 0.2) is 42.6 Å². The highest BCUT2D eigenvalue weighted by Crippen LogP contribution is 2.24. The standard InChI is InChI=1S/C22H25N5/c1-14-8-15(2)10-20(9-14)26-22-24-12-16(3)21(27-22)25-19-5-4-18-13-23-7-6-17(18)11-19/h4-5,8-12,23H,6-7,13H2,1-3H3,(H2,24,25,26,27). The van der Waals surface area contributed by atoms with Gasteiger partial charge < -0.3 is 16.0 Å². The van der Waals surface area contributed by atoms with E-state index in [2.05, 4.69) is 76.2 Å². The first-order valence-corrected chi connectivity index (χ1v) is 9.35. The van der Waals surface area contributed by atoms with Gasteiger partial charge >= 0.3 is 0 Å². The number of aryl methyl sites for hydroxylation is 3. The SMILES string of the molecule is Cc1cc(C)cc(Nc2ncc(C)c(Nc3ccc4c(c3)CCNC4)n2)c1. The number of nitrogens with one attached hydrogen (secondary N) is 3. The minimum Gasteiger partial charge on any atom is -0.340 e. The number of hydrogen-bond acceptors (Lipinski definition) is 5. The molecule has 1 aromatic heterocycles. The highest BCUT2D eigenvalue weighted by Gasteiger charge is 2.10. The van der Waals surface area contributed by atoms with Gasteiger partial charge in [0.15, 0.2) is 0 Å². The zero-order valence-electron chi connectivity index (χ0n) is 16.1. The van der Waals surface area contributed by atoms with E-state index in [1.54, 1.807) is 0 Å². The minimum atomic E-state index is 0.593. The Kier molecular flexibility index (Phi) is 4.77. The fourth-order valence-corrected chi connectivity index (χ4v) is 3.50. The van der Waals surface area contributed by atoms with Crippen molar-refractivity contribution in [2.75, 3.05) is 17.2 Å². The highest BCUT2D eigenvalue weighted by molar-refractivity contribution is 5.63. The summed E-state index contributed by atoms with van der Waals surface area (Å²) < 4.78 is 0. The lowest BCUT2D eigenvalue weighted by Gasteiger charge is -2.18. The molecule has 1 aliphatic rings. The van der Waals surface area contributed by atoms with Crippen molar-refractivity contribution in [1.29, 1.82) is 0 Å².